The van der Waals surface area contributed by atoms with Crippen molar-refractivity contribution in [3.8, 4) is 0 Å². The van der Waals surface area contributed by atoms with Crippen molar-refractivity contribution in [1.82, 2.24) is 0 Å². The second-order valence-electron chi connectivity index (χ2n) is 7.55. The molecule has 0 aliphatic rings. The Labute approximate surface area is 179 Å². The maximum Gasteiger partial charge on any atom is 0.143 e. The quantitative estimate of drug-likeness (QED) is 0.353. The molecule has 156 valence electrons. The van der Waals surface area contributed by atoms with Crippen LogP contribution in [0, 0.1) is 5.92 Å². The third-order valence-corrected chi connectivity index (χ3v) is 5.40. The Morgan fingerprint density at radius 1 is 0.800 bits per heavy atom. The summed E-state index contributed by atoms with van der Waals surface area (Å²) in [6.45, 7) is 3.90. The van der Waals surface area contributed by atoms with Gasteiger partial charge in [-0.1, -0.05) is 97.1 Å². The second-order valence-corrected chi connectivity index (χ2v) is 7.55. The number of hydrogen-bond acceptors (Lipinski definition) is 3. The molecular weight excluding hydrogens is 372 g/mol. The molecule has 3 nitrogen and oxygen atoms in total. The van der Waals surface area contributed by atoms with E-state index in [1.807, 2.05) is 54.6 Å². The zero-order valence-corrected chi connectivity index (χ0v) is 17.2. The van der Waals surface area contributed by atoms with E-state index < -0.39 is 11.7 Å². The lowest BCUT2D eigenvalue weighted by Crippen LogP contribution is -2.36. The zero-order chi connectivity index (χ0) is 21.2. The number of rotatable bonds is 11. The summed E-state index contributed by atoms with van der Waals surface area (Å²) in [7, 11) is 0. The van der Waals surface area contributed by atoms with Crippen LogP contribution in [-0.4, -0.2) is 29.5 Å². The molecule has 0 fully saturated rings. The SMILES string of the molecule is C=CC[C@@H](CO)C[C@H](O)COC(c1ccccc1)(c1ccccc1)c1ccccc1. The summed E-state index contributed by atoms with van der Waals surface area (Å²) in [5, 5.41) is 20.3. The summed E-state index contributed by atoms with van der Waals surface area (Å²) in [4.78, 5) is 0. The van der Waals surface area contributed by atoms with Gasteiger partial charge >= 0.3 is 0 Å². The molecule has 0 bridgehead atoms. The van der Waals surface area contributed by atoms with E-state index >= 15 is 0 Å². The van der Waals surface area contributed by atoms with E-state index in [0.717, 1.165) is 16.7 Å². The van der Waals surface area contributed by atoms with Gasteiger partial charge in [0.1, 0.15) is 5.60 Å². The van der Waals surface area contributed by atoms with Gasteiger partial charge in [-0.25, -0.2) is 0 Å². The van der Waals surface area contributed by atoms with Crippen molar-refractivity contribution in [1.29, 1.82) is 0 Å². The molecular formula is C27H30O3. The first-order chi connectivity index (χ1) is 14.7. The Bertz CT molecular complexity index is 781. The van der Waals surface area contributed by atoms with E-state index in [-0.39, 0.29) is 19.1 Å². The Kier molecular flexibility index (Phi) is 7.97. The largest absolute Gasteiger partial charge is 0.396 e. The van der Waals surface area contributed by atoms with E-state index in [2.05, 4.69) is 43.0 Å². The van der Waals surface area contributed by atoms with Crippen molar-refractivity contribution in [3.05, 3.63) is 120 Å². The van der Waals surface area contributed by atoms with Gasteiger partial charge in [-0.3, -0.25) is 0 Å². The van der Waals surface area contributed by atoms with E-state index in [1.165, 1.54) is 0 Å². The molecule has 0 heterocycles. The average molecular weight is 403 g/mol. The standard InChI is InChI=1S/C27H30O3/c1-2-12-22(20-28)19-26(29)21-30-27(23-13-6-3-7-14-23,24-15-8-4-9-16-24)25-17-10-5-11-18-25/h2-11,13-18,22,26,28-29H,1,12,19-21H2/t22-,26+/m1/s1. The molecule has 3 aromatic carbocycles. The lowest BCUT2D eigenvalue weighted by Gasteiger charge is -2.36. The fraction of sp³-hybridized carbons (Fsp3) is 0.259. The summed E-state index contributed by atoms with van der Waals surface area (Å²) < 4.78 is 6.62. The minimum absolute atomic E-state index is 0.0181. The molecule has 0 amide bonds. The molecule has 3 heteroatoms. The molecule has 0 spiro atoms. The van der Waals surface area contributed by atoms with E-state index in [9.17, 15) is 10.2 Å². The molecule has 0 aromatic heterocycles. The zero-order valence-electron chi connectivity index (χ0n) is 17.2. The summed E-state index contributed by atoms with van der Waals surface area (Å²) >= 11 is 0. The van der Waals surface area contributed by atoms with Gasteiger partial charge in [-0.15, -0.1) is 6.58 Å². The lowest BCUT2D eigenvalue weighted by atomic mass is 9.80. The maximum absolute atomic E-state index is 10.7. The molecule has 0 saturated heterocycles. The van der Waals surface area contributed by atoms with Crippen LogP contribution in [0.25, 0.3) is 0 Å². The predicted octanol–water partition coefficient (Wildman–Crippen LogP) is 4.93. The first-order valence-electron chi connectivity index (χ1n) is 10.4. The second kappa shape index (κ2) is 10.9. The fourth-order valence-electron chi connectivity index (χ4n) is 3.92. The van der Waals surface area contributed by atoms with Gasteiger partial charge in [-0.05, 0) is 35.4 Å². The highest BCUT2D eigenvalue weighted by Crippen LogP contribution is 2.40. The van der Waals surface area contributed by atoms with Crippen molar-refractivity contribution in [2.24, 2.45) is 5.92 Å². The van der Waals surface area contributed by atoms with Crippen LogP contribution in [0.1, 0.15) is 29.5 Å². The van der Waals surface area contributed by atoms with Gasteiger partial charge in [0.15, 0.2) is 0 Å². The van der Waals surface area contributed by atoms with Gasteiger partial charge in [0.2, 0.25) is 0 Å². The highest BCUT2D eigenvalue weighted by atomic mass is 16.5. The monoisotopic (exact) mass is 402 g/mol. The molecule has 0 unspecified atom stereocenters. The third kappa shape index (κ3) is 5.06. The van der Waals surface area contributed by atoms with Crippen LogP contribution in [-0.2, 0) is 10.3 Å². The van der Waals surface area contributed by atoms with E-state index in [0.29, 0.717) is 12.8 Å². The van der Waals surface area contributed by atoms with Gasteiger partial charge in [0.05, 0.1) is 12.7 Å². The summed E-state index contributed by atoms with van der Waals surface area (Å²) in [6.07, 6.45) is 2.19. The Balaban J connectivity index is 2.00. The Hall–Kier alpha value is -2.72. The minimum Gasteiger partial charge on any atom is -0.396 e. The number of aliphatic hydroxyl groups excluding tert-OH is 2. The van der Waals surface area contributed by atoms with E-state index in [4.69, 9.17) is 4.74 Å². The third-order valence-electron chi connectivity index (χ3n) is 5.40. The Morgan fingerprint density at radius 3 is 1.60 bits per heavy atom. The lowest BCUT2D eigenvalue weighted by molar-refractivity contribution is -0.0459. The molecule has 0 radical (unpaired) electrons. The average Bonchev–Trinajstić information content (AvgIpc) is 2.81. The molecule has 2 N–H and O–H groups in total. The highest BCUT2D eigenvalue weighted by Gasteiger charge is 2.38. The minimum atomic E-state index is -0.849. The summed E-state index contributed by atoms with van der Waals surface area (Å²) in [5.74, 6) is -0.0272. The fourth-order valence-corrected chi connectivity index (χ4v) is 3.92. The van der Waals surface area contributed by atoms with Crippen LogP contribution in [0.15, 0.2) is 104 Å². The number of allylic oxidation sites excluding steroid dienone is 1. The van der Waals surface area contributed by atoms with Crippen LogP contribution in [0.4, 0.5) is 0 Å². The molecule has 3 rings (SSSR count). The Morgan fingerprint density at radius 2 is 1.23 bits per heavy atom. The van der Waals surface area contributed by atoms with Crippen LogP contribution in [0.2, 0.25) is 0 Å². The van der Waals surface area contributed by atoms with Crippen molar-refractivity contribution in [3.63, 3.8) is 0 Å². The predicted molar refractivity (Wildman–Crippen MR) is 121 cm³/mol. The molecule has 30 heavy (non-hydrogen) atoms. The number of benzene rings is 3. The topological polar surface area (TPSA) is 49.7 Å². The summed E-state index contributed by atoms with van der Waals surface area (Å²) in [6, 6.07) is 30.3. The van der Waals surface area contributed by atoms with Crippen LogP contribution in [0.5, 0.6) is 0 Å². The summed E-state index contributed by atoms with van der Waals surface area (Å²) in [5.41, 5.74) is 2.15. The first-order valence-corrected chi connectivity index (χ1v) is 10.4. The molecule has 0 saturated carbocycles. The normalized spacial score (nSPS) is 13.5. The van der Waals surface area contributed by atoms with E-state index in [1.54, 1.807) is 6.08 Å². The smallest absolute Gasteiger partial charge is 0.143 e. The van der Waals surface area contributed by atoms with Gasteiger partial charge in [-0.2, -0.15) is 0 Å². The van der Waals surface area contributed by atoms with Gasteiger partial charge in [0.25, 0.3) is 0 Å². The molecule has 0 aliphatic carbocycles. The van der Waals surface area contributed by atoms with Crippen LogP contribution in [0.3, 0.4) is 0 Å². The molecule has 0 aliphatic heterocycles. The van der Waals surface area contributed by atoms with Gasteiger partial charge < -0.3 is 14.9 Å². The van der Waals surface area contributed by atoms with Crippen molar-refractivity contribution >= 4 is 0 Å². The maximum atomic E-state index is 10.7. The number of hydrogen-bond donors (Lipinski definition) is 2. The number of aliphatic hydroxyl groups is 2. The van der Waals surface area contributed by atoms with Crippen LogP contribution >= 0.6 is 0 Å². The molecule has 2 atom stereocenters. The highest BCUT2D eigenvalue weighted by molar-refractivity contribution is 5.47. The van der Waals surface area contributed by atoms with Crippen LogP contribution < -0.4 is 0 Å². The number of ether oxygens (including phenoxy) is 1. The van der Waals surface area contributed by atoms with Crippen molar-refractivity contribution < 1.29 is 14.9 Å². The molecule has 3 aromatic rings. The van der Waals surface area contributed by atoms with Crippen molar-refractivity contribution in [2.45, 2.75) is 24.5 Å². The van der Waals surface area contributed by atoms with Crippen molar-refractivity contribution in [2.75, 3.05) is 13.2 Å². The first kappa shape index (κ1) is 22.0. The van der Waals surface area contributed by atoms with Gasteiger partial charge in [0, 0.05) is 6.61 Å².